The monoisotopic (exact) mass is 393 g/mol. The van der Waals surface area contributed by atoms with Crippen LogP contribution in [0.5, 0.6) is 0 Å². The van der Waals surface area contributed by atoms with E-state index < -0.39 is 9.84 Å². The molecule has 2 fully saturated rings. The van der Waals surface area contributed by atoms with E-state index in [1.165, 1.54) is 0 Å². The van der Waals surface area contributed by atoms with Gasteiger partial charge in [-0.3, -0.25) is 9.78 Å². The van der Waals surface area contributed by atoms with Gasteiger partial charge in [0.1, 0.15) is 5.01 Å². The maximum absolute atomic E-state index is 12.6. The zero-order chi connectivity index (χ0) is 18.1. The summed E-state index contributed by atoms with van der Waals surface area (Å²) in [5, 5.41) is 2.87. The van der Waals surface area contributed by atoms with Gasteiger partial charge < -0.3 is 9.64 Å². The molecule has 2 unspecified atom stereocenters. The van der Waals surface area contributed by atoms with Gasteiger partial charge in [0.05, 0.1) is 36.0 Å². The van der Waals surface area contributed by atoms with E-state index >= 15 is 0 Å². The molecule has 9 heteroatoms. The second kappa shape index (κ2) is 7.05. The van der Waals surface area contributed by atoms with Crippen molar-refractivity contribution in [3.63, 3.8) is 0 Å². The van der Waals surface area contributed by atoms with Crippen LogP contribution < -0.4 is 0 Å². The summed E-state index contributed by atoms with van der Waals surface area (Å²) in [5.41, 5.74) is 1.88. The predicted octanol–water partition coefficient (Wildman–Crippen LogP) is 1.16. The number of thiazole rings is 1. The molecule has 1 amide bonds. The largest absolute Gasteiger partial charge is 0.373 e. The Labute approximate surface area is 156 Å². The molecule has 0 aromatic carbocycles. The number of sulfone groups is 1. The summed E-state index contributed by atoms with van der Waals surface area (Å²) in [6, 6.07) is 3.47. The number of aryl methyl sites for hydroxylation is 1. The van der Waals surface area contributed by atoms with Gasteiger partial charge in [0.15, 0.2) is 9.84 Å². The molecular weight excluding hydrogens is 374 g/mol. The van der Waals surface area contributed by atoms with Crippen molar-refractivity contribution < 1.29 is 17.9 Å². The van der Waals surface area contributed by atoms with Gasteiger partial charge in [-0.15, -0.1) is 11.3 Å². The zero-order valence-corrected chi connectivity index (χ0v) is 15.7. The van der Waals surface area contributed by atoms with E-state index in [-0.39, 0.29) is 29.6 Å². The molecule has 4 rings (SSSR count). The number of pyridine rings is 1. The summed E-state index contributed by atoms with van der Waals surface area (Å²) < 4.78 is 29.2. The van der Waals surface area contributed by atoms with Crippen LogP contribution in [0.2, 0.25) is 0 Å². The SMILES string of the molecule is O=C(CCc1csc(-c2ccncc2)n1)N1CCOC2CS(=O)(=O)CC21. The first-order valence-electron chi connectivity index (χ1n) is 8.48. The molecule has 2 aromatic rings. The molecule has 138 valence electrons. The predicted molar refractivity (Wildman–Crippen MR) is 97.6 cm³/mol. The molecule has 0 aliphatic carbocycles. The molecule has 2 saturated heterocycles. The first-order valence-corrected chi connectivity index (χ1v) is 11.2. The van der Waals surface area contributed by atoms with Gasteiger partial charge in [-0.25, -0.2) is 13.4 Å². The number of morpholine rings is 1. The number of amides is 1. The maximum Gasteiger partial charge on any atom is 0.223 e. The Bertz CT molecular complexity index is 898. The fourth-order valence-electron chi connectivity index (χ4n) is 3.45. The zero-order valence-electron chi connectivity index (χ0n) is 14.1. The number of hydrogen-bond donors (Lipinski definition) is 0. The van der Waals surface area contributed by atoms with Crippen molar-refractivity contribution >= 4 is 27.1 Å². The summed E-state index contributed by atoms with van der Waals surface area (Å²) in [6.07, 6.45) is 3.94. The van der Waals surface area contributed by atoms with Gasteiger partial charge in [-0.05, 0) is 18.6 Å². The molecule has 2 atom stereocenters. The highest BCUT2D eigenvalue weighted by Gasteiger charge is 2.45. The average molecular weight is 393 g/mol. The van der Waals surface area contributed by atoms with E-state index in [1.807, 2.05) is 17.5 Å². The third-order valence-electron chi connectivity index (χ3n) is 4.73. The molecule has 0 saturated carbocycles. The second-order valence-corrected chi connectivity index (χ2v) is 9.53. The van der Waals surface area contributed by atoms with Crippen molar-refractivity contribution in [3.8, 4) is 10.6 Å². The topological polar surface area (TPSA) is 89.5 Å². The Morgan fingerprint density at radius 3 is 2.92 bits per heavy atom. The molecule has 0 radical (unpaired) electrons. The highest BCUT2D eigenvalue weighted by Crippen LogP contribution is 2.26. The van der Waals surface area contributed by atoms with Gasteiger partial charge >= 0.3 is 0 Å². The van der Waals surface area contributed by atoms with Gasteiger partial charge in [0.2, 0.25) is 5.91 Å². The van der Waals surface area contributed by atoms with Crippen LogP contribution in [0.15, 0.2) is 29.9 Å². The van der Waals surface area contributed by atoms with Crippen LogP contribution in [0.4, 0.5) is 0 Å². The molecule has 4 heterocycles. The number of fused-ring (bicyclic) bond motifs is 1. The number of nitrogens with zero attached hydrogens (tertiary/aromatic N) is 3. The van der Waals surface area contributed by atoms with Crippen molar-refractivity contribution in [2.75, 3.05) is 24.7 Å². The van der Waals surface area contributed by atoms with E-state index in [0.717, 1.165) is 16.3 Å². The number of carbonyl (C=O) groups excluding carboxylic acids is 1. The number of aromatic nitrogens is 2. The Morgan fingerprint density at radius 2 is 2.12 bits per heavy atom. The highest BCUT2D eigenvalue weighted by atomic mass is 32.2. The third kappa shape index (κ3) is 3.65. The molecular formula is C17H19N3O4S2. The van der Waals surface area contributed by atoms with E-state index in [0.29, 0.717) is 26.0 Å². The molecule has 0 N–H and O–H groups in total. The first kappa shape index (κ1) is 17.6. The van der Waals surface area contributed by atoms with Crippen molar-refractivity contribution in [3.05, 3.63) is 35.6 Å². The molecule has 7 nitrogen and oxygen atoms in total. The molecule has 2 aromatic heterocycles. The summed E-state index contributed by atoms with van der Waals surface area (Å²) in [7, 11) is -3.12. The van der Waals surface area contributed by atoms with Crippen LogP contribution >= 0.6 is 11.3 Å². The van der Waals surface area contributed by atoms with Crippen LogP contribution in [0.1, 0.15) is 12.1 Å². The number of hydrogen-bond acceptors (Lipinski definition) is 7. The minimum absolute atomic E-state index is 0.00625. The number of carbonyl (C=O) groups is 1. The average Bonchev–Trinajstić information content (AvgIpc) is 3.22. The lowest BCUT2D eigenvalue weighted by Crippen LogP contribution is -2.53. The van der Waals surface area contributed by atoms with Gasteiger partial charge in [0, 0.05) is 36.3 Å². The maximum atomic E-state index is 12.6. The summed E-state index contributed by atoms with van der Waals surface area (Å²) in [4.78, 5) is 22.9. The van der Waals surface area contributed by atoms with E-state index in [9.17, 15) is 13.2 Å². The Hall–Kier alpha value is -1.84. The number of rotatable bonds is 4. The molecule has 2 aliphatic rings. The Morgan fingerprint density at radius 1 is 1.31 bits per heavy atom. The fraction of sp³-hybridized carbons (Fsp3) is 0.471. The first-order chi connectivity index (χ1) is 12.5. The summed E-state index contributed by atoms with van der Waals surface area (Å²) in [6.45, 7) is 0.847. The van der Waals surface area contributed by atoms with Crippen molar-refractivity contribution in [2.45, 2.75) is 25.0 Å². The molecule has 0 spiro atoms. The normalized spacial score (nSPS) is 24.4. The van der Waals surface area contributed by atoms with Crippen molar-refractivity contribution in [1.82, 2.24) is 14.9 Å². The Kier molecular flexibility index (Phi) is 4.76. The number of ether oxygens (including phenoxy) is 1. The van der Waals surface area contributed by atoms with Gasteiger partial charge in [0.25, 0.3) is 0 Å². The van der Waals surface area contributed by atoms with Crippen molar-refractivity contribution in [1.29, 1.82) is 0 Å². The van der Waals surface area contributed by atoms with Crippen LogP contribution in [0.3, 0.4) is 0 Å². The van der Waals surface area contributed by atoms with Gasteiger partial charge in [-0.2, -0.15) is 0 Å². The third-order valence-corrected chi connectivity index (χ3v) is 7.36. The fourth-order valence-corrected chi connectivity index (χ4v) is 6.18. The van der Waals surface area contributed by atoms with E-state index in [1.54, 1.807) is 28.6 Å². The molecule has 0 bridgehead atoms. The standard InChI is InChI=1S/C17H19N3O4S2/c21-16(20-7-8-24-15-11-26(22,23)10-14(15)20)2-1-13-9-25-17(19-13)12-3-5-18-6-4-12/h3-6,9,14-15H,1-2,7-8,10-11H2. The van der Waals surface area contributed by atoms with E-state index in [2.05, 4.69) is 9.97 Å². The van der Waals surface area contributed by atoms with Gasteiger partial charge in [-0.1, -0.05) is 0 Å². The lowest BCUT2D eigenvalue weighted by molar-refractivity contribution is -0.142. The second-order valence-electron chi connectivity index (χ2n) is 6.52. The highest BCUT2D eigenvalue weighted by molar-refractivity contribution is 7.91. The summed E-state index contributed by atoms with van der Waals surface area (Å²) >= 11 is 1.54. The minimum atomic E-state index is -3.12. The van der Waals surface area contributed by atoms with Crippen LogP contribution in [-0.4, -0.2) is 66.0 Å². The van der Waals surface area contributed by atoms with Crippen LogP contribution in [0, 0.1) is 0 Å². The molecule has 26 heavy (non-hydrogen) atoms. The van der Waals surface area contributed by atoms with Crippen LogP contribution in [-0.2, 0) is 25.8 Å². The lowest BCUT2D eigenvalue weighted by atomic mass is 10.1. The lowest BCUT2D eigenvalue weighted by Gasteiger charge is -2.36. The van der Waals surface area contributed by atoms with E-state index in [4.69, 9.17) is 4.74 Å². The smallest absolute Gasteiger partial charge is 0.223 e. The molecule has 2 aliphatic heterocycles. The quantitative estimate of drug-likeness (QED) is 0.774. The van der Waals surface area contributed by atoms with Crippen LogP contribution in [0.25, 0.3) is 10.6 Å². The summed E-state index contributed by atoms with van der Waals surface area (Å²) in [5.74, 6) is -0.00589. The van der Waals surface area contributed by atoms with Crippen molar-refractivity contribution in [2.24, 2.45) is 0 Å². The minimum Gasteiger partial charge on any atom is -0.373 e. The Balaban J connectivity index is 1.39.